The number of hydrogen-bond donors (Lipinski definition) is 3. The van der Waals surface area contributed by atoms with Gasteiger partial charge in [0.2, 0.25) is 17.6 Å². The van der Waals surface area contributed by atoms with Crippen LogP contribution in [0.25, 0.3) is 22.4 Å². The topological polar surface area (TPSA) is 126 Å². The Balaban J connectivity index is 1.26. The quantitative estimate of drug-likeness (QED) is 0.108. The number of fused-ring (bicyclic) bond motifs is 1. The number of hydrogen-bond acceptors (Lipinski definition) is 9. The van der Waals surface area contributed by atoms with Crippen LogP contribution in [0.15, 0.2) is 54.6 Å². The molecule has 1 atom stereocenters. The largest absolute Gasteiger partial charge is 0.481 e. The van der Waals surface area contributed by atoms with E-state index in [2.05, 4.69) is 10.3 Å². The zero-order chi connectivity index (χ0) is 40.6. The third kappa shape index (κ3) is 8.76. The number of rotatable bonds is 15. The molecule has 2 aromatic carbocycles. The fourth-order valence-electron chi connectivity index (χ4n) is 7.65. The van der Waals surface area contributed by atoms with Gasteiger partial charge in [-0.3, -0.25) is 9.69 Å². The van der Waals surface area contributed by atoms with E-state index in [0.29, 0.717) is 60.9 Å². The van der Waals surface area contributed by atoms with Crippen LogP contribution in [0.3, 0.4) is 0 Å². The number of aliphatic carboxylic acids is 1. The zero-order valence-corrected chi connectivity index (χ0v) is 33.1. The van der Waals surface area contributed by atoms with E-state index in [1.165, 1.54) is 7.11 Å². The molecule has 3 N–H and O–H groups in total. The first kappa shape index (κ1) is 41.2. The molecule has 2 aliphatic rings. The Morgan fingerprint density at radius 2 is 1.64 bits per heavy atom. The number of ether oxygens (including phenoxy) is 3. The van der Waals surface area contributed by atoms with Crippen molar-refractivity contribution in [1.82, 2.24) is 20.2 Å². The molecule has 0 spiro atoms. The standard InChI is InChI=1S/C42H48ClF3N4O6/c1-7-50(23-40(2,3)39(51)52)22-25-18-32(42(44,45)46)38(49-37(25)55-6)56-34-17-15-28-27(10-8-11-29(28)34)30-12-9-13-31(35(30)43)33-16-14-24(36(48-33)54-5)21-47-26-19-41(4,53)20-26/h8-14,16,18,26,34,47,53H,7,15,17,19-23H2,1-6H3,(H,51,52)/t26-,34-,41-/m0/s1. The van der Waals surface area contributed by atoms with Crippen LogP contribution in [-0.4, -0.2) is 70.0 Å². The van der Waals surface area contributed by atoms with Gasteiger partial charge in [0.1, 0.15) is 11.7 Å². The molecule has 0 aliphatic heterocycles. The van der Waals surface area contributed by atoms with Crippen molar-refractivity contribution in [3.05, 3.63) is 87.4 Å². The van der Waals surface area contributed by atoms with Crippen LogP contribution in [0.5, 0.6) is 17.6 Å². The van der Waals surface area contributed by atoms with Crippen molar-refractivity contribution in [3.63, 3.8) is 0 Å². The fourth-order valence-corrected chi connectivity index (χ4v) is 7.97. The molecule has 2 aliphatic carbocycles. The normalized spacial score (nSPS) is 19.4. The van der Waals surface area contributed by atoms with E-state index >= 15 is 0 Å². The Kier molecular flexibility index (Phi) is 11.9. The first-order valence-corrected chi connectivity index (χ1v) is 19.0. The van der Waals surface area contributed by atoms with Crippen LogP contribution in [0.4, 0.5) is 13.2 Å². The number of carboxylic acid groups (broad SMARTS) is 1. The summed E-state index contributed by atoms with van der Waals surface area (Å²) in [6, 6.07) is 16.3. The lowest BCUT2D eigenvalue weighted by Gasteiger charge is -2.41. The Hall–Kier alpha value is -4.43. The lowest BCUT2D eigenvalue weighted by molar-refractivity contribution is -0.148. The molecular weight excluding hydrogens is 749 g/mol. The van der Waals surface area contributed by atoms with Crippen LogP contribution in [0.1, 0.15) is 80.9 Å². The number of nitrogens with one attached hydrogen (secondary N) is 1. The Morgan fingerprint density at radius 1 is 0.982 bits per heavy atom. The Morgan fingerprint density at radius 3 is 2.29 bits per heavy atom. The highest BCUT2D eigenvalue weighted by molar-refractivity contribution is 6.36. The molecule has 0 unspecified atom stereocenters. The molecule has 2 aromatic heterocycles. The van der Waals surface area contributed by atoms with E-state index in [1.54, 1.807) is 25.9 Å². The van der Waals surface area contributed by atoms with Gasteiger partial charge in [-0.25, -0.2) is 4.98 Å². The van der Waals surface area contributed by atoms with Crippen molar-refractivity contribution >= 4 is 17.6 Å². The molecule has 0 amide bonds. The Labute approximate surface area is 330 Å². The summed E-state index contributed by atoms with van der Waals surface area (Å²) in [6.07, 6.45) is -3.21. The van der Waals surface area contributed by atoms with Gasteiger partial charge in [-0.15, -0.1) is 0 Å². The van der Waals surface area contributed by atoms with Gasteiger partial charge in [-0.2, -0.15) is 18.2 Å². The van der Waals surface area contributed by atoms with Gasteiger partial charge in [0, 0.05) is 47.9 Å². The van der Waals surface area contributed by atoms with Crippen molar-refractivity contribution in [2.75, 3.05) is 27.3 Å². The van der Waals surface area contributed by atoms with Gasteiger partial charge in [-0.05, 0) is 81.8 Å². The molecule has 10 nitrogen and oxygen atoms in total. The van der Waals surface area contributed by atoms with E-state index in [4.69, 9.17) is 30.8 Å². The van der Waals surface area contributed by atoms with Crippen LogP contribution in [0, 0.1) is 5.41 Å². The zero-order valence-electron chi connectivity index (χ0n) is 32.4. The maximum Gasteiger partial charge on any atom is 0.421 e. The second kappa shape index (κ2) is 16.2. The predicted molar refractivity (Wildman–Crippen MR) is 207 cm³/mol. The fraction of sp³-hybridized carbons (Fsp3) is 0.452. The lowest BCUT2D eigenvalue weighted by atomic mass is 9.77. The third-order valence-corrected chi connectivity index (χ3v) is 11.1. The molecule has 0 saturated heterocycles. The molecule has 2 heterocycles. The van der Waals surface area contributed by atoms with Crippen molar-refractivity contribution in [1.29, 1.82) is 0 Å². The highest BCUT2D eigenvalue weighted by Gasteiger charge is 2.40. The number of aromatic nitrogens is 2. The van der Waals surface area contributed by atoms with Gasteiger partial charge < -0.3 is 29.7 Å². The van der Waals surface area contributed by atoms with Crippen LogP contribution in [-0.2, 0) is 30.5 Å². The second-order valence-electron chi connectivity index (χ2n) is 15.5. The minimum atomic E-state index is -4.79. The van der Waals surface area contributed by atoms with E-state index < -0.39 is 40.7 Å². The molecule has 1 fully saturated rings. The number of halogens is 4. The number of methoxy groups -OCH3 is 2. The summed E-state index contributed by atoms with van der Waals surface area (Å²) in [6.45, 7) is 7.81. The smallest absolute Gasteiger partial charge is 0.421 e. The van der Waals surface area contributed by atoms with Crippen molar-refractivity contribution in [2.45, 2.75) is 90.4 Å². The van der Waals surface area contributed by atoms with E-state index in [9.17, 15) is 28.2 Å². The van der Waals surface area contributed by atoms with Gasteiger partial charge >= 0.3 is 12.1 Å². The van der Waals surface area contributed by atoms with Gasteiger partial charge in [0.05, 0.1) is 36.0 Å². The first-order valence-electron chi connectivity index (χ1n) is 18.6. The molecule has 6 rings (SSSR count). The maximum absolute atomic E-state index is 14.6. The second-order valence-corrected chi connectivity index (χ2v) is 15.9. The van der Waals surface area contributed by atoms with Gasteiger partial charge in [-0.1, -0.05) is 61.0 Å². The average molecular weight is 797 g/mol. The summed E-state index contributed by atoms with van der Waals surface area (Å²) in [5.41, 5.74) is 2.80. The van der Waals surface area contributed by atoms with E-state index in [-0.39, 0.29) is 30.6 Å². The summed E-state index contributed by atoms with van der Waals surface area (Å²) in [7, 11) is 2.90. The van der Waals surface area contributed by atoms with Crippen molar-refractivity contribution < 1.29 is 42.4 Å². The summed E-state index contributed by atoms with van der Waals surface area (Å²) in [4.78, 5) is 22.5. The lowest BCUT2D eigenvalue weighted by Crippen LogP contribution is -2.51. The summed E-state index contributed by atoms with van der Waals surface area (Å²) < 4.78 is 61.1. The molecule has 4 aromatic rings. The Bertz CT molecular complexity index is 2080. The van der Waals surface area contributed by atoms with E-state index in [0.717, 1.165) is 33.9 Å². The molecule has 300 valence electrons. The van der Waals surface area contributed by atoms with Gasteiger partial charge in [0.15, 0.2) is 0 Å². The van der Waals surface area contributed by atoms with Crippen LogP contribution >= 0.6 is 11.6 Å². The first-order chi connectivity index (χ1) is 26.4. The number of alkyl halides is 3. The highest BCUT2D eigenvalue weighted by Crippen LogP contribution is 2.46. The summed E-state index contributed by atoms with van der Waals surface area (Å²) in [5, 5.41) is 23.6. The van der Waals surface area contributed by atoms with Crippen LogP contribution < -0.4 is 19.5 Å². The van der Waals surface area contributed by atoms with Crippen molar-refractivity contribution in [3.8, 4) is 40.0 Å². The summed E-state index contributed by atoms with van der Waals surface area (Å²) in [5.74, 6) is -1.17. The molecule has 0 bridgehead atoms. The minimum Gasteiger partial charge on any atom is -0.481 e. The number of benzene rings is 2. The molecule has 14 heteroatoms. The monoisotopic (exact) mass is 796 g/mol. The number of pyridine rings is 2. The molecule has 0 radical (unpaired) electrons. The van der Waals surface area contributed by atoms with Crippen molar-refractivity contribution in [2.24, 2.45) is 5.41 Å². The average Bonchev–Trinajstić information content (AvgIpc) is 3.55. The molecular formula is C42H48ClF3N4O6. The summed E-state index contributed by atoms with van der Waals surface area (Å²) >= 11 is 7.12. The molecule has 1 saturated carbocycles. The number of aliphatic hydroxyl groups is 1. The predicted octanol–water partition coefficient (Wildman–Crippen LogP) is 8.50. The number of carboxylic acids is 1. The van der Waals surface area contributed by atoms with Gasteiger partial charge in [0.25, 0.3) is 0 Å². The molecule has 56 heavy (non-hydrogen) atoms. The third-order valence-electron chi connectivity index (χ3n) is 10.7. The number of carbonyl (C=O) groups is 1. The minimum absolute atomic E-state index is 0.00272. The van der Waals surface area contributed by atoms with Crippen LogP contribution in [0.2, 0.25) is 5.02 Å². The highest BCUT2D eigenvalue weighted by atomic mass is 35.5. The maximum atomic E-state index is 14.6. The van der Waals surface area contributed by atoms with E-state index in [1.807, 2.05) is 62.4 Å². The number of nitrogens with zero attached hydrogens (tertiary/aromatic N) is 3. The SMILES string of the molecule is CCN(Cc1cc(C(F)(F)F)c(O[C@H]2CCc3c(-c4cccc(-c5ccc(CN[C@H]6C[C@](C)(O)C6)c(OC)n5)c4Cl)cccc32)nc1OC)CC(C)(C)C(=O)O.